The number of amidine groups is 1. The molecule has 128 valence electrons. The molecule has 0 heterocycles. The minimum absolute atomic E-state index is 0.110. The van der Waals surface area contributed by atoms with Crippen LogP contribution >= 0.6 is 11.6 Å². The van der Waals surface area contributed by atoms with E-state index in [0.29, 0.717) is 23.7 Å². The number of aliphatic imine (C=N–C) groups is 1. The maximum atomic E-state index is 12.4. The summed E-state index contributed by atoms with van der Waals surface area (Å²) in [6.45, 7) is 2.43. The molecular weight excluding hydrogens is 350 g/mol. The molecule has 2 rings (SSSR count). The van der Waals surface area contributed by atoms with Crippen molar-refractivity contribution in [3.05, 3.63) is 48.5 Å². The van der Waals surface area contributed by atoms with Gasteiger partial charge in [-0.3, -0.25) is 4.72 Å². The van der Waals surface area contributed by atoms with Crippen LogP contribution in [0.25, 0.3) is 0 Å². The van der Waals surface area contributed by atoms with Gasteiger partial charge >= 0.3 is 0 Å². The molecule has 24 heavy (non-hydrogen) atoms. The summed E-state index contributed by atoms with van der Waals surface area (Å²) in [5.41, 5.74) is 6.53. The van der Waals surface area contributed by atoms with Gasteiger partial charge in [0.2, 0.25) is 0 Å². The van der Waals surface area contributed by atoms with E-state index in [4.69, 9.17) is 22.1 Å². The number of anilines is 1. The van der Waals surface area contributed by atoms with E-state index in [2.05, 4.69) is 9.71 Å². The first kappa shape index (κ1) is 18.1. The molecule has 0 aliphatic carbocycles. The van der Waals surface area contributed by atoms with E-state index < -0.39 is 10.0 Å². The van der Waals surface area contributed by atoms with E-state index >= 15 is 0 Å². The summed E-state index contributed by atoms with van der Waals surface area (Å²) < 4.78 is 32.6. The molecule has 0 unspecified atom stereocenters. The number of nitrogens with zero attached hydrogens (tertiary/aromatic N) is 1. The van der Waals surface area contributed by atoms with Crippen LogP contribution in [-0.2, 0) is 10.0 Å². The van der Waals surface area contributed by atoms with Crippen LogP contribution in [-0.4, -0.2) is 26.7 Å². The zero-order valence-electron chi connectivity index (χ0n) is 13.1. The fraction of sp³-hybridized carbons (Fsp3) is 0.188. The molecule has 3 N–H and O–H groups in total. The number of alkyl halides is 1. The van der Waals surface area contributed by atoms with Crippen molar-refractivity contribution in [3.63, 3.8) is 0 Å². The second-order valence-corrected chi connectivity index (χ2v) is 6.74. The Hall–Kier alpha value is -2.25. The highest BCUT2D eigenvalue weighted by atomic mass is 35.5. The molecule has 2 aromatic carbocycles. The summed E-state index contributed by atoms with van der Waals surface area (Å²) in [4.78, 5) is 4.17. The second-order valence-electron chi connectivity index (χ2n) is 4.79. The van der Waals surface area contributed by atoms with Crippen LogP contribution in [0.4, 0.5) is 11.4 Å². The third-order valence-corrected chi connectivity index (χ3v) is 4.65. The first-order valence-corrected chi connectivity index (χ1v) is 9.21. The van der Waals surface area contributed by atoms with Gasteiger partial charge in [0.25, 0.3) is 10.0 Å². The first-order chi connectivity index (χ1) is 11.4. The molecule has 0 aliphatic rings. The molecule has 0 spiro atoms. The lowest BCUT2D eigenvalue weighted by Crippen LogP contribution is -2.13. The van der Waals surface area contributed by atoms with Crippen molar-refractivity contribution in [2.75, 3.05) is 17.2 Å². The second kappa shape index (κ2) is 8.03. The van der Waals surface area contributed by atoms with E-state index in [1.165, 1.54) is 12.1 Å². The quantitative estimate of drug-likeness (QED) is 0.446. The summed E-state index contributed by atoms with van der Waals surface area (Å²) in [5, 5.41) is 0. The molecule has 6 nitrogen and oxygen atoms in total. The predicted octanol–water partition coefficient (Wildman–Crippen LogP) is 3.11. The van der Waals surface area contributed by atoms with Gasteiger partial charge in [0, 0.05) is 5.69 Å². The van der Waals surface area contributed by atoms with Gasteiger partial charge in [0.15, 0.2) is 0 Å². The summed E-state index contributed by atoms with van der Waals surface area (Å²) in [6, 6.07) is 12.7. The van der Waals surface area contributed by atoms with Crippen molar-refractivity contribution in [2.45, 2.75) is 11.8 Å². The van der Waals surface area contributed by atoms with Crippen LogP contribution in [0.5, 0.6) is 5.75 Å². The summed E-state index contributed by atoms with van der Waals surface area (Å²) in [7, 11) is -3.69. The highest BCUT2D eigenvalue weighted by Crippen LogP contribution is 2.21. The van der Waals surface area contributed by atoms with Crippen molar-refractivity contribution < 1.29 is 13.2 Å². The Morgan fingerprint density at radius 3 is 2.33 bits per heavy atom. The smallest absolute Gasteiger partial charge is 0.261 e. The van der Waals surface area contributed by atoms with Gasteiger partial charge in [-0.05, 0) is 55.5 Å². The van der Waals surface area contributed by atoms with E-state index in [-0.39, 0.29) is 16.6 Å². The Kier molecular flexibility index (Phi) is 6.05. The number of benzene rings is 2. The lowest BCUT2D eigenvalue weighted by molar-refractivity contribution is 0.340. The number of nitrogens with two attached hydrogens (primary N) is 1. The van der Waals surface area contributed by atoms with E-state index in [9.17, 15) is 8.42 Å². The summed E-state index contributed by atoms with van der Waals surface area (Å²) >= 11 is 5.56. The maximum absolute atomic E-state index is 12.4. The van der Waals surface area contributed by atoms with Crippen LogP contribution in [0.2, 0.25) is 0 Å². The highest BCUT2D eigenvalue weighted by molar-refractivity contribution is 7.92. The number of rotatable bonds is 7. The van der Waals surface area contributed by atoms with Gasteiger partial charge < -0.3 is 10.5 Å². The van der Waals surface area contributed by atoms with Gasteiger partial charge in [0.1, 0.15) is 11.6 Å². The van der Waals surface area contributed by atoms with Crippen LogP contribution < -0.4 is 15.2 Å². The van der Waals surface area contributed by atoms with Gasteiger partial charge in [-0.1, -0.05) is 0 Å². The van der Waals surface area contributed by atoms with Crippen molar-refractivity contribution in [2.24, 2.45) is 10.7 Å². The minimum Gasteiger partial charge on any atom is -0.494 e. The Bertz CT molecular complexity index is 803. The minimum atomic E-state index is -3.69. The van der Waals surface area contributed by atoms with Crippen LogP contribution in [0, 0.1) is 0 Å². The van der Waals surface area contributed by atoms with Crippen LogP contribution in [0.3, 0.4) is 0 Å². The van der Waals surface area contributed by atoms with Crippen molar-refractivity contribution in [1.29, 1.82) is 0 Å². The van der Waals surface area contributed by atoms with Crippen molar-refractivity contribution >= 4 is 38.8 Å². The molecule has 0 atom stereocenters. The molecule has 0 bridgehead atoms. The van der Waals surface area contributed by atoms with Crippen LogP contribution in [0.15, 0.2) is 58.4 Å². The van der Waals surface area contributed by atoms with E-state index in [1.54, 1.807) is 36.4 Å². The average molecular weight is 368 g/mol. The van der Waals surface area contributed by atoms with E-state index in [1.807, 2.05) is 6.92 Å². The molecule has 8 heteroatoms. The number of nitrogens with one attached hydrogen (secondary N) is 1. The summed E-state index contributed by atoms with van der Waals surface area (Å²) in [5.74, 6) is 1.05. The molecule has 0 aliphatic heterocycles. The van der Waals surface area contributed by atoms with Crippen molar-refractivity contribution in [1.82, 2.24) is 0 Å². The Morgan fingerprint density at radius 2 is 1.79 bits per heavy atom. The fourth-order valence-corrected chi connectivity index (χ4v) is 3.01. The zero-order valence-corrected chi connectivity index (χ0v) is 14.6. The molecular formula is C16H18ClN3O3S. The first-order valence-electron chi connectivity index (χ1n) is 7.19. The average Bonchev–Trinajstić information content (AvgIpc) is 2.57. The lowest BCUT2D eigenvalue weighted by Gasteiger charge is -2.09. The number of hydrogen-bond acceptors (Lipinski definition) is 4. The SMILES string of the molecule is CCOc1ccc(NS(=O)(=O)c2ccc(N=C(N)CCl)cc2)cc1. The Balaban J connectivity index is 2.15. The third kappa shape index (κ3) is 4.87. The molecule has 0 fully saturated rings. The topological polar surface area (TPSA) is 93.8 Å². The number of halogens is 1. The van der Waals surface area contributed by atoms with Gasteiger partial charge in [-0.15, -0.1) is 11.6 Å². The monoisotopic (exact) mass is 367 g/mol. The highest BCUT2D eigenvalue weighted by Gasteiger charge is 2.14. The van der Waals surface area contributed by atoms with Crippen molar-refractivity contribution in [3.8, 4) is 5.75 Å². The summed E-state index contributed by atoms with van der Waals surface area (Å²) in [6.07, 6.45) is 0. The predicted molar refractivity (Wildman–Crippen MR) is 96.9 cm³/mol. The molecule has 0 amide bonds. The third-order valence-electron chi connectivity index (χ3n) is 2.97. The molecule has 2 aromatic rings. The molecule has 0 aromatic heterocycles. The van der Waals surface area contributed by atoms with E-state index in [0.717, 1.165) is 0 Å². The maximum Gasteiger partial charge on any atom is 0.261 e. The van der Waals surface area contributed by atoms with Crippen LogP contribution in [0.1, 0.15) is 6.92 Å². The Labute approximate surface area is 146 Å². The fourth-order valence-electron chi connectivity index (χ4n) is 1.90. The van der Waals surface area contributed by atoms with Gasteiger partial charge in [-0.25, -0.2) is 13.4 Å². The number of ether oxygens (including phenoxy) is 1. The van der Waals surface area contributed by atoms with Gasteiger partial charge in [0.05, 0.1) is 23.1 Å². The van der Waals surface area contributed by atoms with Gasteiger partial charge in [-0.2, -0.15) is 0 Å². The molecule has 0 saturated carbocycles. The standard InChI is InChI=1S/C16H18ClN3O3S/c1-2-23-14-7-3-13(4-8-14)20-24(21,22)15-9-5-12(6-10-15)19-16(18)11-17/h3-10,20H,2,11H2,1H3,(H2,18,19). The lowest BCUT2D eigenvalue weighted by atomic mass is 10.3. The Morgan fingerprint density at radius 1 is 1.17 bits per heavy atom. The molecule has 0 radical (unpaired) electrons. The number of sulfonamides is 1. The molecule has 0 saturated heterocycles. The number of hydrogen-bond donors (Lipinski definition) is 2. The normalized spacial score (nSPS) is 12.0. The largest absolute Gasteiger partial charge is 0.494 e. The zero-order chi connectivity index (χ0) is 17.6.